The smallest absolute Gasteiger partial charge is 0.295 e. The third kappa shape index (κ3) is 2.92. The second-order valence-corrected chi connectivity index (χ2v) is 5.99. The molecule has 1 amide bonds. The fraction of sp³-hybridized carbons (Fsp3) is 0.357. The fourth-order valence-corrected chi connectivity index (χ4v) is 2.67. The molecule has 2 N–H and O–H groups in total. The fourth-order valence-electron chi connectivity index (χ4n) is 2.12. The zero-order valence-corrected chi connectivity index (χ0v) is 13.3. The van der Waals surface area contributed by atoms with Crippen molar-refractivity contribution < 1.29 is 9.53 Å². The lowest BCUT2D eigenvalue weighted by atomic mass is 10.2. The number of amides is 1. The first-order valence-corrected chi connectivity index (χ1v) is 7.45. The second-order valence-electron chi connectivity index (χ2n) is 5.07. The Morgan fingerprint density at radius 1 is 1.48 bits per heavy atom. The monoisotopic (exact) mass is 350 g/mol. The summed E-state index contributed by atoms with van der Waals surface area (Å²) in [5.74, 6) is 1.62. The van der Waals surface area contributed by atoms with E-state index in [-0.39, 0.29) is 11.7 Å². The van der Waals surface area contributed by atoms with Gasteiger partial charge in [0, 0.05) is 10.4 Å². The summed E-state index contributed by atoms with van der Waals surface area (Å²) in [7, 11) is 1.56. The van der Waals surface area contributed by atoms with E-state index in [1.807, 2.05) is 13.0 Å². The minimum atomic E-state index is -0.345. The van der Waals surface area contributed by atoms with Gasteiger partial charge < -0.3 is 10.1 Å². The average molecular weight is 351 g/mol. The highest BCUT2D eigenvalue weighted by molar-refractivity contribution is 9.10. The van der Waals surface area contributed by atoms with Crippen molar-refractivity contribution in [2.24, 2.45) is 0 Å². The third-order valence-electron chi connectivity index (χ3n) is 3.39. The number of halogens is 1. The Kier molecular flexibility index (Phi) is 3.67. The van der Waals surface area contributed by atoms with Gasteiger partial charge in [-0.2, -0.15) is 0 Å². The van der Waals surface area contributed by atoms with E-state index < -0.39 is 0 Å². The lowest BCUT2D eigenvalue weighted by molar-refractivity contribution is 0.101. The zero-order chi connectivity index (χ0) is 15.0. The highest BCUT2D eigenvalue weighted by Crippen LogP contribution is 2.38. The summed E-state index contributed by atoms with van der Waals surface area (Å²) < 4.78 is 6.20. The predicted molar refractivity (Wildman–Crippen MR) is 81.7 cm³/mol. The molecular weight excluding hydrogens is 336 g/mol. The van der Waals surface area contributed by atoms with Crippen LogP contribution in [0.1, 0.15) is 40.8 Å². The summed E-state index contributed by atoms with van der Waals surface area (Å²) in [6.45, 7) is 1.90. The van der Waals surface area contributed by atoms with Crippen molar-refractivity contribution in [3.8, 4) is 5.75 Å². The molecule has 7 heteroatoms. The highest BCUT2D eigenvalue weighted by atomic mass is 79.9. The van der Waals surface area contributed by atoms with Crippen molar-refractivity contribution in [1.29, 1.82) is 0 Å². The standard InChI is InChI=1S/C14H15BrN4O2/c1-7-5-9(15)6-10(21-2)11(7)16-14(20)13-17-12(18-19-13)8-3-4-8/h5-6,8H,3-4H2,1-2H3,(H,16,20)(H,17,18,19). The number of anilines is 1. The van der Waals surface area contributed by atoms with E-state index >= 15 is 0 Å². The summed E-state index contributed by atoms with van der Waals surface area (Å²) in [6.07, 6.45) is 2.21. The summed E-state index contributed by atoms with van der Waals surface area (Å²) in [5, 5.41) is 9.62. The van der Waals surface area contributed by atoms with Gasteiger partial charge in [0.25, 0.3) is 5.91 Å². The van der Waals surface area contributed by atoms with Gasteiger partial charge in [-0.05, 0) is 37.5 Å². The number of carbonyl (C=O) groups excluding carboxylic acids is 1. The van der Waals surface area contributed by atoms with Crippen LogP contribution in [0.3, 0.4) is 0 Å². The molecule has 1 aromatic heterocycles. The number of rotatable bonds is 4. The van der Waals surface area contributed by atoms with Gasteiger partial charge in [-0.1, -0.05) is 15.9 Å². The average Bonchev–Trinajstić information content (AvgIpc) is 3.18. The Morgan fingerprint density at radius 2 is 2.24 bits per heavy atom. The first kappa shape index (κ1) is 14.1. The highest BCUT2D eigenvalue weighted by Gasteiger charge is 2.28. The van der Waals surface area contributed by atoms with Crippen LogP contribution in [-0.2, 0) is 0 Å². The van der Waals surface area contributed by atoms with E-state index in [2.05, 4.69) is 36.4 Å². The molecule has 1 fully saturated rings. The first-order valence-electron chi connectivity index (χ1n) is 6.66. The number of nitrogens with one attached hydrogen (secondary N) is 2. The van der Waals surface area contributed by atoms with Crippen LogP contribution in [0.5, 0.6) is 5.75 Å². The molecule has 0 aliphatic heterocycles. The van der Waals surface area contributed by atoms with Crippen molar-refractivity contribution in [1.82, 2.24) is 15.2 Å². The van der Waals surface area contributed by atoms with E-state index in [1.54, 1.807) is 13.2 Å². The van der Waals surface area contributed by atoms with Crippen molar-refractivity contribution in [2.45, 2.75) is 25.7 Å². The van der Waals surface area contributed by atoms with Crippen LogP contribution in [0.15, 0.2) is 16.6 Å². The minimum Gasteiger partial charge on any atom is -0.495 e. The van der Waals surface area contributed by atoms with Crippen molar-refractivity contribution in [2.75, 3.05) is 12.4 Å². The van der Waals surface area contributed by atoms with E-state index in [0.29, 0.717) is 17.4 Å². The molecule has 0 atom stereocenters. The molecule has 3 rings (SSSR count). The van der Waals surface area contributed by atoms with Crippen LogP contribution in [0, 0.1) is 6.92 Å². The molecular formula is C14H15BrN4O2. The number of aromatic amines is 1. The molecule has 0 spiro atoms. The number of carbonyl (C=O) groups is 1. The maximum absolute atomic E-state index is 12.3. The largest absolute Gasteiger partial charge is 0.495 e. The molecule has 6 nitrogen and oxygen atoms in total. The van der Waals surface area contributed by atoms with E-state index in [0.717, 1.165) is 28.7 Å². The van der Waals surface area contributed by atoms with E-state index in [1.165, 1.54) is 0 Å². The number of benzene rings is 1. The van der Waals surface area contributed by atoms with Gasteiger partial charge in [-0.3, -0.25) is 9.89 Å². The molecule has 21 heavy (non-hydrogen) atoms. The number of H-pyrrole nitrogens is 1. The maximum Gasteiger partial charge on any atom is 0.295 e. The van der Waals surface area contributed by atoms with Gasteiger partial charge in [0.15, 0.2) is 0 Å². The predicted octanol–water partition coefficient (Wildman–Crippen LogP) is 3.01. The van der Waals surface area contributed by atoms with Crippen LogP contribution < -0.4 is 10.1 Å². The topological polar surface area (TPSA) is 79.9 Å². The number of methoxy groups -OCH3 is 1. The molecule has 1 aliphatic carbocycles. The molecule has 0 unspecified atom stereocenters. The normalized spacial score (nSPS) is 14.0. The number of hydrogen-bond donors (Lipinski definition) is 2. The number of aryl methyl sites for hydroxylation is 1. The summed E-state index contributed by atoms with van der Waals surface area (Å²) in [6, 6.07) is 3.71. The lowest BCUT2D eigenvalue weighted by Crippen LogP contribution is -2.15. The first-order chi connectivity index (χ1) is 10.1. The van der Waals surface area contributed by atoms with Gasteiger partial charge in [0.2, 0.25) is 5.82 Å². The van der Waals surface area contributed by atoms with Gasteiger partial charge >= 0.3 is 0 Å². The summed E-state index contributed by atoms with van der Waals surface area (Å²) in [4.78, 5) is 16.5. The Labute approximate surface area is 130 Å². The van der Waals surface area contributed by atoms with Crippen LogP contribution in [-0.4, -0.2) is 28.2 Å². The molecule has 0 radical (unpaired) electrons. The number of nitrogens with zero attached hydrogens (tertiary/aromatic N) is 2. The van der Waals surface area contributed by atoms with Crippen LogP contribution >= 0.6 is 15.9 Å². The number of aromatic nitrogens is 3. The molecule has 110 valence electrons. The summed E-state index contributed by atoms with van der Waals surface area (Å²) >= 11 is 3.40. The Morgan fingerprint density at radius 3 is 2.90 bits per heavy atom. The molecule has 1 saturated carbocycles. The quantitative estimate of drug-likeness (QED) is 0.887. The molecule has 1 aromatic carbocycles. The Balaban J connectivity index is 1.83. The van der Waals surface area contributed by atoms with E-state index in [9.17, 15) is 4.79 Å². The van der Waals surface area contributed by atoms with Crippen LogP contribution in [0.2, 0.25) is 0 Å². The molecule has 0 saturated heterocycles. The van der Waals surface area contributed by atoms with Gasteiger partial charge in [0.1, 0.15) is 11.6 Å². The number of ether oxygens (including phenoxy) is 1. The van der Waals surface area contributed by atoms with Crippen LogP contribution in [0.25, 0.3) is 0 Å². The zero-order valence-electron chi connectivity index (χ0n) is 11.7. The Hall–Kier alpha value is -1.89. The summed E-state index contributed by atoms with van der Waals surface area (Å²) in [5.41, 5.74) is 1.52. The van der Waals surface area contributed by atoms with Gasteiger partial charge in [-0.25, -0.2) is 4.98 Å². The Bertz CT molecular complexity index is 694. The maximum atomic E-state index is 12.3. The number of hydrogen-bond acceptors (Lipinski definition) is 4. The molecule has 1 heterocycles. The van der Waals surface area contributed by atoms with Gasteiger partial charge in [-0.15, -0.1) is 5.10 Å². The van der Waals surface area contributed by atoms with Crippen LogP contribution in [0.4, 0.5) is 5.69 Å². The van der Waals surface area contributed by atoms with Crippen molar-refractivity contribution in [3.63, 3.8) is 0 Å². The minimum absolute atomic E-state index is 0.154. The molecule has 1 aliphatic rings. The molecule has 0 bridgehead atoms. The SMILES string of the molecule is COc1cc(Br)cc(C)c1NC(=O)c1n[nH]c(C2CC2)n1. The lowest BCUT2D eigenvalue weighted by Gasteiger charge is -2.12. The van der Waals surface area contributed by atoms with Crippen molar-refractivity contribution in [3.05, 3.63) is 33.8 Å². The second kappa shape index (κ2) is 5.48. The van der Waals surface area contributed by atoms with E-state index in [4.69, 9.17) is 4.74 Å². The van der Waals surface area contributed by atoms with Gasteiger partial charge in [0.05, 0.1) is 12.8 Å². The van der Waals surface area contributed by atoms with Crippen molar-refractivity contribution >= 4 is 27.5 Å². The molecule has 2 aromatic rings. The third-order valence-corrected chi connectivity index (χ3v) is 3.85.